The molecule has 2 nitrogen and oxygen atoms in total. The van der Waals surface area contributed by atoms with Crippen molar-refractivity contribution in [3.05, 3.63) is 0 Å². The van der Waals surface area contributed by atoms with Gasteiger partial charge in [-0.3, -0.25) is 4.90 Å². The van der Waals surface area contributed by atoms with Crippen LogP contribution in [0.4, 0.5) is 0 Å². The van der Waals surface area contributed by atoms with Gasteiger partial charge >= 0.3 is 0 Å². The van der Waals surface area contributed by atoms with Crippen molar-refractivity contribution in [3.8, 4) is 0 Å². The Balaban J connectivity index is 2.63. The van der Waals surface area contributed by atoms with Gasteiger partial charge in [0.2, 0.25) is 0 Å². The Morgan fingerprint density at radius 2 is 1.82 bits per heavy atom. The molecular weight excluding hydrogens is 208 g/mol. The highest BCUT2D eigenvalue weighted by Gasteiger charge is 2.35. The van der Waals surface area contributed by atoms with Gasteiger partial charge in [0.05, 0.1) is 0 Å². The number of nitrogens with one attached hydrogen (secondary N) is 1. The maximum absolute atomic E-state index is 3.77. The molecule has 0 radical (unpaired) electrons. The van der Waals surface area contributed by atoms with E-state index in [1.54, 1.807) is 0 Å². The summed E-state index contributed by atoms with van der Waals surface area (Å²) in [4.78, 5) is 2.70. The average Bonchev–Trinajstić information content (AvgIpc) is 2.32. The first-order valence-electron chi connectivity index (χ1n) is 7.43. The zero-order valence-corrected chi connectivity index (χ0v) is 12.7. The molecule has 2 heteroatoms. The Bertz CT molecular complexity index is 221. The van der Waals surface area contributed by atoms with Gasteiger partial charge in [-0.25, -0.2) is 0 Å². The van der Waals surface area contributed by atoms with Crippen molar-refractivity contribution in [2.75, 3.05) is 19.6 Å². The summed E-state index contributed by atoms with van der Waals surface area (Å²) in [5.74, 6) is 1.58. The summed E-state index contributed by atoms with van der Waals surface area (Å²) in [7, 11) is 0. The first-order chi connectivity index (χ1) is 7.94. The average molecular weight is 240 g/mol. The van der Waals surface area contributed by atoms with E-state index in [2.05, 4.69) is 51.8 Å². The van der Waals surface area contributed by atoms with Crippen LogP contribution in [0, 0.1) is 11.8 Å². The number of rotatable bonds is 5. The molecule has 0 bridgehead atoms. The fraction of sp³-hybridized carbons (Fsp3) is 1.00. The van der Waals surface area contributed by atoms with E-state index >= 15 is 0 Å². The molecule has 2 unspecified atom stereocenters. The largest absolute Gasteiger partial charge is 0.308 e. The van der Waals surface area contributed by atoms with Crippen molar-refractivity contribution in [3.63, 3.8) is 0 Å². The monoisotopic (exact) mass is 240 g/mol. The maximum Gasteiger partial charge on any atom is 0.0304 e. The van der Waals surface area contributed by atoms with Crippen LogP contribution in [-0.2, 0) is 0 Å². The van der Waals surface area contributed by atoms with E-state index in [4.69, 9.17) is 0 Å². The van der Waals surface area contributed by atoms with Gasteiger partial charge in [0, 0.05) is 31.2 Å². The Morgan fingerprint density at radius 3 is 2.29 bits per heavy atom. The van der Waals surface area contributed by atoms with E-state index in [9.17, 15) is 0 Å². The minimum Gasteiger partial charge on any atom is -0.308 e. The standard InChI is InChI=1S/C15H32N2/c1-7-15(8-2)11-17(14(6)9-16-15)10-13(5)12(3)4/h12-14,16H,7-11H2,1-6H3. The summed E-state index contributed by atoms with van der Waals surface area (Å²) in [6.45, 7) is 17.7. The Hall–Kier alpha value is -0.0800. The van der Waals surface area contributed by atoms with Gasteiger partial charge in [0.1, 0.15) is 0 Å². The molecule has 102 valence electrons. The van der Waals surface area contributed by atoms with Gasteiger partial charge in [0.15, 0.2) is 0 Å². The van der Waals surface area contributed by atoms with E-state index in [1.807, 2.05) is 0 Å². The van der Waals surface area contributed by atoms with Gasteiger partial charge in [-0.1, -0.05) is 34.6 Å². The van der Waals surface area contributed by atoms with Gasteiger partial charge in [-0.15, -0.1) is 0 Å². The third-order valence-electron chi connectivity index (χ3n) is 4.92. The smallest absolute Gasteiger partial charge is 0.0304 e. The molecule has 0 spiro atoms. The van der Waals surface area contributed by atoms with E-state index in [0.29, 0.717) is 11.6 Å². The normalized spacial score (nSPS) is 27.4. The second-order valence-electron chi connectivity index (χ2n) is 6.37. The molecule has 1 N–H and O–H groups in total. The highest BCUT2D eigenvalue weighted by atomic mass is 15.2. The van der Waals surface area contributed by atoms with Crippen LogP contribution < -0.4 is 5.32 Å². The maximum atomic E-state index is 3.77. The Kier molecular flexibility index (Phi) is 5.46. The SMILES string of the molecule is CCC1(CC)CN(CC(C)C(C)C)C(C)CN1. The Morgan fingerprint density at radius 1 is 1.24 bits per heavy atom. The summed E-state index contributed by atoms with van der Waals surface area (Å²) in [6.07, 6.45) is 2.48. The van der Waals surface area contributed by atoms with Crippen LogP contribution >= 0.6 is 0 Å². The van der Waals surface area contributed by atoms with Gasteiger partial charge in [0.25, 0.3) is 0 Å². The lowest BCUT2D eigenvalue weighted by Gasteiger charge is -2.47. The highest BCUT2D eigenvalue weighted by Crippen LogP contribution is 2.24. The summed E-state index contributed by atoms with van der Waals surface area (Å²) in [6, 6.07) is 0.683. The van der Waals surface area contributed by atoms with Crippen LogP contribution in [0.3, 0.4) is 0 Å². The molecule has 1 aliphatic rings. The van der Waals surface area contributed by atoms with Crippen LogP contribution in [0.5, 0.6) is 0 Å². The predicted molar refractivity (Wildman–Crippen MR) is 76.4 cm³/mol. The second-order valence-corrected chi connectivity index (χ2v) is 6.37. The molecular formula is C15H32N2. The predicted octanol–water partition coefficient (Wildman–Crippen LogP) is 3.13. The summed E-state index contributed by atoms with van der Waals surface area (Å²) in [5, 5.41) is 3.77. The molecule has 1 saturated heterocycles. The lowest BCUT2D eigenvalue weighted by Crippen LogP contribution is -2.63. The molecule has 0 amide bonds. The fourth-order valence-corrected chi connectivity index (χ4v) is 2.64. The molecule has 1 fully saturated rings. The van der Waals surface area contributed by atoms with E-state index < -0.39 is 0 Å². The summed E-state index contributed by atoms with van der Waals surface area (Å²) in [5.41, 5.74) is 0.364. The zero-order valence-electron chi connectivity index (χ0n) is 12.7. The van der Waals surface area contributed by atoms with Crippen LogP contribution in [0.2, 0.25) is 0 Å². The van der Waals surface area contributed by atoms with E-state index in [1.165, 1.54) is 25.9 Å². The molecule has 17 heavy (non-hydrogen) atoms. The van der Waals surface area contributed by atoms with Crippen molar-refractivity contribution >= 4 is 0 Å². The molecule has 1 heterocycles. The van der Waals surface area contributed by atoms with Crippen molar-refractivity contribution in [1.29, 1.82) is 0 Å². The van der Waals surface area contributed by atoms with Gasteiger partial charge < -0.3 is 5.32 Å². The Labute approximate surface area is 108 Å². The van der Waals surface area contributed by atoms with Crippen molar-refractivity contribution in [2.45, 2.75) is 66.0 Å². The van der Waals surface area contributed by atoms with Crippen LogP contribution in [0.1, 0.15) is 54.4 Å². The van der Waals surface area contributed by atoms with Crippen molar-refractivity contribution in [1.82, 2.24) is 10.2 Å². The lowest BCUT2D eigenvalue weighted by molar-refractivity contribution is 0.0628. The topological polar surface area (TPSA) is 15.3 Å². The molecule has 1 rings (SSSR count). The fourth-order valence-electron chi connectivity index (χ4n) is 2.64. The highest BCUT2D eigenvalue weighted by molar-refractivity contribution is 4.95. The minimum atomic E-state index is 0.364. The number of nitrogens with zero attached hydrogens (tertiary/aromatic N) is 1. The van der Waals surface area contributed by atoms with E-state index in [-0.39, 0.29) is 0 Å². The number of piperazine rings is 1. The summed E-state index contributed by atoms with van der Waals surface area (Å²) >= 11 is 0. The second kappa shape index (κ2) is 6.19. The number of hydrogen-bond donors (Lipinski definition) is 1. The van der Waals surface area contributed by atoms with E-state index in [0.717, 1.165) is 18.4 Å². The molecule has 0 aromatic heterocycles. The van der Waals surface area contributed by atoms with Crippen molar-refractivity contribution in [2.24, 2.45) is 11.8 Å². The molecule has 0 aliphatic carbocycles. The minimum absolute atomic E-state index is 0.364. The first-order valence-corrected chi connectivity index (χ1v) is 7.43. The molecule has 0 aromatic rings. The van der Waals surface area contributed by atoms with Crippen LogP contribution in [0.25, 0.3) is 0 Å². The van der Waals surface area contributed by atoms with Crippen LogP contribution in [0.15, 0.2) is 0 Å². The lowest BCUT2D eigenvalue weighted by atomic mass is 9.87. The third kappa shape index (κ3) is 3.69. The third-order valence-corrected chi connectivity index (χ3v) is 4.92. The van der Waals surface area contributed by atoms with Gasteiger partial charge in [-0.05, 0) is 31.6 Å². The van der Waals surface area contributed by atoms with Crippen LogP contribution in [-0.4, -0.2) is 36.1 Å². The number of hydrogen-bond acceptors (Lipinski definition) is 2. The molecule has 0 saturated carbocycles. The molecule has 2 atom stereocenters. The first kappa shape index (κ1) is 15.0. The quantitative estimate of drug-likeness (QED) is 0.794. The molecule has 1 aliphatic heterocycles. The molecule has 0 aromatic carbocycles. The van der Waals surface area contributed by atoms with Gasteiger partial charge in [-0.2, -0.15) is 0 Å². The zero-order chi connectivity index (χ0) is 13.1. The van der Waals surface area contributed by atoms with Crippen molar-refractivity contribution < 1.29 is 0 Å². The summed E-state index contributed by atoms with van der Waals surface area (Å²) < 4.78 is 0.